The summed E-state index contributed by atoms with van der Waals surface area (Å²) < 4.78 is 13.9. The summed E-state index contributed by atoms with van der Waals surface area (Å²) in [5, 5.41) is 13.7. The van der Waals surface area contributed by atoms with E-state index in [9.17, 15) is 19.3 Å². The number of nitrogens with one attached hydrogen (secondary N) is 1. The van der Waals surface area contributed by atoms with Crippen LogP contribution in [-0.4, -0.2) is 28.8 Å². The van der Waals surface area contributed by atoms with E-state index in [0.717, 1.165) is 37.3 Å². The van der Waals surface area contributed by atoms with Gasteiger partial charge in [-0.2, -0.15) is 0 Å². The third-order valence-corrected chi connectivity index (χ3v) is 4.26. The van der Waals surface area contributed by atoms with Gasteiger partial charge in [-0.05, 0) is 43.8 Å². The first-order valence-corrected chi connectivity index (χ1v) is 8.42. The van der Waals surface area contributed by atoms with Crippen LogP contribution in [0.2, 0.25) is 0 Å². The zero-order valence-corrected chi connectivity index (χ0v) is 15.1. The van der Waals surface area contributed by atoms with Crippen molar-refractivity contribution in [1.82, 2.24) is 4.90 Å². The van der Waals surface area contributed by atoms with Crippen molar-refractivity contribution in [1.29, 1.82) is 0 Å². The molecule has 0 fully saturated rings. The number of hydrogen-bond donors (Lipinski definition) is 1. The van der Waals surface area contributed by atoms with Crippen LogP contribution in [0.3, 0.4) is 0 Å². The van der Waals surface area contributed by atoms with Crippen LogP contribution in [0.1, 0.15) is 35.3 Å². The van der Waals surface area contributed by atoms with Gasteiger partial charge in [0, 0.05) is 23.9 Å². The van der Waals surface area contributed by atoms with Crippen LogP contribution in [0, 0.1) is 22.9 Å². The van der Waals surface area contributed by atoms with Gasteiger partial charge in [0.1, 0.15) is 5.82 Å². The van der Waals surface area contributed by atoms with Crippen LogP contribution >= 0.6 is 0 Å². The fourth-order valence-corrected chi connectivity index (χ4v) is 2.64. The number of carbonyl (C=O) groups excluding carboxylic acids is 1. The van der Waals surface area contributed by atoms with Crippen molar-refractivity contribution in [2.75, 3.05) is 18.4 Å². The summed E-state index contributed by atoms with van der Waals surface area (Å²) in [5.74, 6) is -1.37. The maximum Gasteiger partial charge on any atom is 0.276 e. The smallest absolute Gasteiger partial charge is 0.276 e. The van der Waals surface area contributed by atoms with E-state index in [1.54, 1.807) is 6.07 Å². The lowest BCUT2D eigenvalue weighted by molar-refractivity contribution is -0.385. The highest BCUT2D eigenvalue weighted by Gasteiger charge is 2.19. The Morgan fingerprint density at radius 1 is 1.23 bits per heavy atom. The standard InChI is InChI=1S/C19H22FN3O3/c1-4-22(5-2)12-14-7-6-8-16(9-14)21-19(24)15-10-17(20)13(3)18(11-15)23(25)26/h6-11H,4-5,12H2,1-3H3,(H,21,24). The molecule has 0 aromatic heterocycles. The van der Waals surface area contributed by atoms with Crippen LogP contribution in [0.5, 0.6) is 0 Å². The van der Waals surface area contributed by atoms with E-state index in [1.807, 2.05) is 18.2 Å². The van der Waals surface area contributed by atoms with Crippen LogP contribution in [0.15, 0.2) is 36.4 Å². The Kier molecular flexibility index (Phi) is 6.41. The largest absolute Gasteiger partial charge is 0.322 e. The summed E-state index contributed by atoms with van der Waals surface area (Å²) in [6, 6.07) is 9.46. The van der Waals surface area contributed by atoms with Crippen molar-refractivity contribution in [2.45, 2.75) is 27.3 Å². The molecule has 0 saturated heterocycles. The first kappa shape index (κ1) is 19.5. The highest BCUT2D eigenvalue weighted by atomic mass is 19.1. The van der Waals surface area contributed by atoms with Crippen molar-refractivity contribution in [3.8, 4) is 0 Å². The van der Waals surface area contributed by atoms with Crippen LogP contribution in [0.4, 0.5) is 15.8 Å². The lowest BCUT2D eigenvalue weighted by atomic mass is 10.1. The van der Waals surface area contributed by atoms with Gasteiger partial charge in [0.2, 0.25) is 0 Å². The topological polar surface area (TPSA) is 75.5 Å². The van der Waals surface area contributed by atoms with E-state index < -0.39 is 22.3 Å². The molecule has 26 heavy (non-hydrogen) atoms. The molecule has 0 aliphatic rings. The maximum absolute atomic E-state index is 13.9. The highest BCUT2D eigenvalue weighted by molar-refractivity contribution is 6.04. The summed E-state index contributed by atoms with van der Waals surface area (Å²) in [6.07, 6.45) is 0. The third-order valence-electron chi connectivity index (χ3n) is 4.26. The van der Waals surface area contributed by atoms with E-state index >= 15 is 0 Å². The van der Waals surface area contributed by atoms with Crippen molar-refractivity contribution in [2.24, 2.45) is 0 Å². The van der Waals surface area contributed by atoms with Crippen molar-refractivity contribution in [3.63, 3.8) is 0 Å². The minimum absolute atomic E-state index is 0.0889. The molecule has 0 radical (unpaired) electrons. The molecule has 0 aliphatic heterocycles. The zero-order chi connectivity index (χ0) is 19.3. The van der Waals surface area contributed by atoms with E-state index in [1.165, 1.54) is 6.92 Å². The van der Waals surface area contributed by atoms with Gasteiger partial charge in [0.05, 0.1) is 10.5 Å². The van der Waals surface area contributed by atoms with Crippen LogP contribution < -0.4 is 5.32 Å². The molecule has 1 amide bonds. The molecule has 2 aromatic carbocycles. The van der Waals surface area contributed by atoms with E-state index in [4.69, 9.17) is 0 Å². The minimum Gasteiger partial charge on any atom is -0.322 e. The monoisotopic (exact) mass is 359 g/mol. The van der Waals surface area contributed by atoms with Gasteiger partial charge in [0.15, 0.2) is 0 Å². The quantitative estimate of drug-likeness (QED) is 0.595. The van der Waals surface area contributed by atoms with Crippen LogP contribution in [0.25, 0.3) is 0 Å². The second-order valence-electron chi connectivity index (χ2n) is 5.98. The first-order chi connectivity index (χ1) is 12.3. The molecule has 2 aromatic rings. The van der Waals surface area contributed by atoms with E-state index in [-0.39, 0.29) is 11.1 Å². The minimum atomic E-state index is -0.778. The van der Waals surface area contributed by atoms with Crippen LogP contribution in [-0.2, 0) is 6.54 Å². The summed E-state index contributed by atoms with van der Waals surface area (Å²) in [6.45, 7) is 8.05. The van der Waals surface area contributed by atoms with Gasteiger partial charge in [-0.25, -0.2) is 4.39 Å². The molecule has 0 unspecified atom stereocenters. The zero-order valence-electron chi connectivity index (χ0n) is 15.1. The third kappa shape index (κ3) is 4.64. The first-order valence-electron chi connectivity index (χ1n) is 8.42. The van der Waals surface area contributed by atoms with Gasteiger partial charge in [-0.3, -0.25) is 19.8 Å². The summed E-state index contributed by atoms with van der Waals surface area (Å²) in [5.41, 5.74) is 1.00. The van der Waals surface area contributed by atoms with Gasteiger partial charge in [-0.15, -0.1) is 0 Å². The molecule has 6 nitrogen and oxygen atoms in total. The SMILES string of the molecule is CCN(CC)Cc1cccc(NC(=O)c2cc(F)c(C)c([N+](=O)[O-])c2)c1. The number of nitro benzene ring substituents is 1. The number of carbonyl (C=O) groups is 1. The number of amides is 1. The lowest BCUT2D eigenvalue weighted by Crippen LogP contribution is -2.22. The predicted octanol–water partition coefficient (Wildman–Crippen LogP) is 4.14. The Hall–Kier alpha value is -2.80. The molecule has 138 valence electrons. The van der Waals surface area contributed by atoms with Crippen molar-refractivity contribution < 1.29 is 14.1 Å². The molecule has 0 spiro atoms. The predicted molar refractivity (Wildman–Crippen MR) is 98.8 cm³/mol. The number of hydrogen-bond acceptors (Lipinski definition) is 4. The van der Waals surface area contributed by atoms with Gasteiger partial charge in [-0.1, -0.05) is 26.0 Å². The molecular weight excluding hydrogens is 337 g/mol. The number of nitro groups is 1. The van der Waals surface area contributed by atoms with Crippen molar-refractivity contribution in [3.05, 3.63) is 69.0 Å². The normalized spacial score (nSPS) is 10.8. The highest BCUT2D eigenvalue weighted by Crippen LogP contribution is 2.23. The lowest BCUT2D eigenvalue weighted by Gasteiger charge is -2.18. The average Bonchev–Trinajstić information content (AvgIpc) is 2.61. The Morgan fingerprint density at radius 3 is 2.54 bits per heavy atom. The number of anilines is 1. The molecule has 0 bridgehead atoms. The molecule has 2 rings (SSSR count). The fraction of sp³-hybridized carbons (Fsp3) is 0.316. The Bertz CT molecular complexity index is 820. The molecule has 7 heteroatoms. The van der Waals surface area contributed by atoms with Gasteiger partial charge >= 0.3 is 0 Å². The van der Waals surface area contributed by atoms with Crippen molar-refractivity contribution >= 4 is 17.3 Å². The number of halogens is 1. The maximum atomic E-state index is 13.9. The molecule has 0 saturated carbocycles. The van der Waals surface area contributed by atoms with E-state index in [2.05, 4.69) is 24.1 Å². The Labute approximate surface area is 151 Å². The second-order valence-corrected chi connectivity index (χ2v) is 5.98. The van der Waals surface area contributed by atoms with Gasteiger partial charge in [0.25, 0.3) is 11.6 Å². The summed E-state index contributed by atoms with van der Waals surface area (Å²) in [7, 11) is 0. The molecule has 0 heterocycles. The number of rotatable bonds is 7. The number of nitrogens with zero attached hydrogens (tertiary/aromatic N) is 2. The Morgan fingerprint density at radius 2 is 1.92 bits per heavy atom. The summed E-state index contributed by atoms with van der Waals surface area (Å²) >= 11 is 0. The second kappa shape index (κ2) is 8.53. The average molecular weight is 359 g/mol. The molecule has 1 N–H and O–H groups in total. The molecule has 0 aliphatic carbocycles. The Balaban J connectivity index is 2.21. The summed E-state index contributed by atoms with van der Waals surface area (Å²) in [4.78, 5) is 24.9. The van der Waals surface area contributed by atoms with Gasteiger partial charge < -0.3 is 5.32 Å². The number of benzene rings is 2. The molecule has 0 atom stereocenters. The fourth-order valence-electron chi connectivity index (χ4n) is 2.64. The molecular formula is C19H22FN3O3. The van der Waals surface area contributed by atoms with E-state index in [0.29, 0.717) is 5.69 Å².